The van der Waals surface area contributed by atoms with Gasteiger partial charge in [0.25, 0.3) is 0 Å². The average molecular weight is 265 g/mol. The van der Waals surface area contributed by atoms with E-state index in [0.29, 0.717) is 6.54 Å². The minimum Gasteiger partial charge on any atom is -0.496 e. The summed E-state index contributed by atoms with van der Waals surface area (Å²) < 4.78 is 7.46. The third kappa shape index (κ3) is 2.07. The van der Waals surface area contributed by atoms with E-state index in [1.165, 1.54) is 0 Å². The van der Waals surface area contributed by atoms with Crippen LogP contribution in [0.2, 0.25) is 0 Å². The summed E-state index contributed by atoms with van der Waals surface area (Å²) in [5.41, 5.74) is 2.87. The van der Waals surface area contributed by atoms with E-state index >= 15 is 0 Å². The maximum atomic E-state index is 11.2. The number of hydrogen-bond acceptors (Lipinski definition) is 2. The minimum atomic E-state index is 0.679. The Morgan fingerprint density at radius 2 is 1.85 bits per heavy atom. The number of carbonyl (C=O) groups excluding carboxylic acids is 1. The van der Waals surface area contributed by atoms with E-state index in [4.69, 9.17) is 4.74 Å². The highest BCUT2D eigenvalue weighted by Gasteiger charge is 2.09. The van der Waals surface area contributed by atoms with Crippen LogP contribution in [0, 0.1) is 0 Å². The lowest BCUT2D eigenvalue weighted by molar-refractivity contribution is 0.112. The van der Waals surface area contributed by atoms with Crippen LogP contribution in [0.25, 0.3) is 10.9 Å². The van der Waals surface area contributed by atoms with E-state index in [-0.39, 0.29) is 0 Å². The molecular weight excluding hydrogens is 250 g/mol. The molecule has 0 aliphatic heterocycles. The molecule has 3 nitrogen and oxygen atoms in total. The molecule has 0 aliphatic carbocycles. The molecule has 0 spiro atoms. The Bertz CT molecular complexity index is 759. The summed E-state index contributed by atoms with van der Waals surface area (Å²) in [4.78, 5) is 11.2. The Morgan fingerprint density at radius 3 is 2.65 bits per heavy atom. The van der Waals surface area contributed by atoms with Crippen LogP contribution in [-0.2, 0) is 6.54 Å². The average Bonchev–Trinajstić information content (AvgIpc) is 2.86. The van der Waals surface area contributed by atoms with Crippen molar-refractivity contribution in [2.45, 2.75) is 6.54 Å². The zero-order chi connectivity index (χ0) is 13.9. The first kappa shape index (κ1) is 12.5. The van der Waals surface area contributed by atoms with Gasteiger partial charge in [-0.05, 0) is 12.1 Å². The van der Waals surface area contributed by atoms with Crippen LogP contribution in [0.5, 0.6) is 5.75 Å². The van der Waals surface area contributed by atoms with E-state index in [9.17, 15) is 4.79 Å². The second kappa shape index (κ2) is 5.21. The molecule has 100 valence electrons. The molecule has 3 aromatic rings. The monoisotopic (exact) mass is 265 g/mol. The Kier molecular flexibility index (Phi) is 3.25. The first-order valence-corrected chi connectivity index (χ1v) is 6.48. The van der Waals surface area contributed by atoms with Gasteiger partial charge in [-0.1, -0.05) is 36.4 Å². The van der Waals surface area contributed by atoms with Crippen molar-refractivity contribution in [2.75, 3.05) is 7.11 Å². The van der Waals surface area contributed by atoms with E-state index in [1.54, 1.807) is 7.11 Å². The fourth-order valence-corrected chi connectivity index (χ4v) is 2.52. The molecule has 0 N–H and O–H groups in total. The van der Waals surface area contributed by atoms with Gasteiger partial charge < -0.3 is 9.30 Å². The summed E-state index contributed by atoms with van der Waals surface area (Å²) in [7, 11) is 1.67. The highest BCUT2D eigenvalue weighted by atomic mass is 16.5. The molecule has 0 fully saturated rings. The Balaban J connectivity index is 2.09. The SMILES string of the molecule is COc1ccccc1Cn1cc(C=O)c2ccccc21. The van der Waals surface area contributed by atoms with Gasteiger partial charge in [-0.25, -0.2) is 0 Å². The number of rotatable bonds is 4. The standard InChI is InChI=1S/C17H15NO2/c1-20-17-9-5-2-6-13(17)10-18-11-14(12-19)15-7-3-4-8-16(15)18/h2-9,11-12H,10H2,1H3. The number of benzene rings is 2. The lowest BCUT2D eigenvalue weighted by Gasteiger charge is -2.10. The lowest BCUT2D eigenvalue weighted by Crippen LogP contribution is -2.00. The molecule has 2 aromatic carbocycles. The molecule has 3 heteroatoms. The predicted octanol–water partition coefficient (Wildman–Crippen LogP) is 3.51. The van der Waals surface area contributed by atoms with E-state index < -0.39 is 0 Å². The van der Waals surface area contributed by atoms with Crippen LogP contribution < -0.4 is 4.74 Å². The van der Waals surface area contributed by atoms with Gasteiger partial charge in [0, 0.05) is 28.2 Å². The van der Waals surface area contributed by atoms with E-state index in [1.807, 2.05) is 54.7 Å². The molecule has 0 bridgehead atoms. The first-order valence-electron chi connectivity index (χ1n) is 6.48. The Hall–Kier alpha value is -2.55. The quantitative estimate of drug-likeness (QED) is 0.676. The zero-order valence-electron chi connectivity index (χ0n) is 11.2. The third-order valence-corrected chi connectivity index (χ3v) is 3.48. The summed E-state index contributed by atoms with van der Waals surface area (Å²) >= 11 is 0. The minimum absolute atomic E-state index is 0.679. The molecule has 0 saturated heterocycles. The summed E-state index contributed by atoms with van der Waals surface area (Å²) in [6, 6.07) is 15.8. The largest absolute Gasteiger partial charge is 0.496 e. The lowest BCUT2D eigenvalue weighted by atomic mass is 10.2. The Morgan fingerprint density at radius 1 is 1.10 bits per heavy atom. The number of methoxy groups -OCH3 is 1. The van der Waals surface area contributed by atoms with Crippen molar-refractivity contribution >= 4 is 17.2 Å². The van der Waals surface area contributed by atoms with Gasteiger partial charge in [0.15, 0.2) is 6.29 Å². The fourth-order valence-electron chi connectivity index (χ4n) is 2.52. The summed E-state index contributed by atoms with van der Waals surface area (Å²) in [6.07, 6.45) is 2.80. The predicted molar refractivity (Wildman–Crippen MR) is 79.4 cm³/mol. The van der Waals surface area contributed by atoms with Gasteiger partial charge in [-0.3, -0.25) is 4.79 Å². The summed E-state index contributed by atoms with van der Waals surface area (Å²) in [6.45, 7) is 0.679. The van der Waals surface area contributed by atoms with Gasteiger partial charge in [-0.15, -0.1) is 0 Å². The van der Waals surface area contributed by atoms with E-state index in [0.717, 1.165) is 34.1 Å². The molecule has 0 atom stereocenters. The maximum Gasteiger partial charge on any atom is 0.152 e. The molecule has 1 aromatic heterocycles. The molecule has 0 unspecified atom stereocenters. The van der Waals surface area contributed by atoms with Gasteiger partial charge >= 0.3 is 0 Å². The van der Waals surface area contributed by atoms with Crippen molar-refractivity contribution in [3.8, 4) is 5.75 Å². The van der Waals surface area contributed by atoms with Gasteiger partial charge in [0.05, 0.1) is 13.7 Å². The second-order valence-corrected chi connectivity index (χ2v) is 4.66. The van der Waals surface area contributed by atoms with Gasteiger partial charge in [0.2, 0.25) is 0 Å². The molecule has 0 radical (unpaired) electrons. The van der Waals surface area contributed by atoms with Crippen molar-refractivity contribution in [3.63, 3.8) is 0 Å². The zero-order valence-corrected chi connectivity index (χ0v) is 11.2. The molecule has 20 heavy (non-hydrogen) atoms. The molecule has 0 saturated carbocycles. The highest BCUT2D eigenvalue weighted by molar-refractivity contribution is 5.97. The topological polar surface area (TPSA) is 31.2 Å². The Labute approximate surface area is 117 Å². The number of fused-ring (bicyclic) bond motifs is 1. The van der Waals surface area contributed by atoms with Crippen molar-refractivity contribution in [1.82, 2.24) is 4.57 Å². The van der Waals surface area contributed by atoms with Gasteiger partial charge in [-0.2, -0.15) is 0 Å². The van der Waals surface area contributed by atoms with Crippen molar-refractivity contribution < 1.29 is 9.53 Å². The van der Waals surface area contributed by atoms with E-state index in [2.05, 4.69) is 4.57 Å². The normalized spacial score (nSPS) is 10.7. The molecule has 0 amide bonds. The maximum absolute atomic E-state index is 11.2. The number of para-hydroxylation sites is 2. The smallest absolute Gasteiger partial charge is 0.152 e. The molecular formula is C17H15NO2. The second-order valence-electron chi connectivity index (χ2n) is 4.66. The molecule has 3 rings (SSSR count). The number of nitrogens with zero attached hydrogens (tertiary/aromatic N) is 1. The van der Waals surface area contributed by atoms with Crippen molar-refractivity contribution in [2.24, 2.45) is 0 Å². The van der Waals surface area contributed by atoms with Crippen LogP contribution in [0.1, 0.15) is 15.9 Å². The van der Waals surface area contributed by atoms with Crippen LogP contribution in [0.15, 0.2) is 54.7 Å². The number of ether oxygens (including phenoxy) is 1. The summed E-state index contributed by atoms with van der Waals surface area (Å²) in [5.74, 6) is 0.859. The van der Waals surface area contributed by atoms with Crippen LogP contribution >= 0.6 is 0 Å². The van der Waals surface area contributed by atoms with Crippen LogP contribution in [0.3, 0.4) is 0 Å². The molecule has 0 aliphatic rings. The molecule has 1 heterocycles. The van der Waals surface area contributed by atoms with Gasteiger partial charge in [0.1, 0.15) is 5.75 Å². The van der Waals surface area contributed by atoms with Crippen molar-refractivity contribution in [1.29, 1.82) is 0 Å². The number of aromatic nitrogens is 1. The number of carbonyl (C=O) groups is 1. The third-order valence-electron chi connectivity index (χ3n) is 3.48. The fraction of sp³-hybridized carbons (Fsp3) is 0.118. The number of hydrogen-bond donors (Lipinski definition) is 0. The first-order chi connectivity index (χ1) is 9.83. The number of aldehydes is 1. The van der Waals surface area contributed by atoms with Crippen LogP contribution in [-0.4, -0.2) is 18.0 Å². The van der Waals surface area contributed by atoms with Crippen molar-refractivity contribution in [3.05, 3.63) is 65.9 Å². The highest BCUT2D eigenvalue weighted by Crippen LogP contribution is 2.24. The summed E-state index contributed by atoms with van der Waals surface area (Å²) in [5, 5.41) is 0.984. The van der Waals surface area contributed by atoms with Crippen LogP contribution in [0.4, 0.5) is 0 Å².